The van der Waals surface area contributed by atoms with E-state index in [0.29, 0.717) is 79.7 Å². The first-order valence-corrected chi connectivity index (χ1v) is 29.9. The van der Waals surface area contributed by atoms with Gasteiger partial charge in [0.25, 0.3) is 0 Å². The van der Waals surface area contributed by atoms with Crippen LogP contribution in [0.2, 0.25) is 0 Å². The van der Waals surface area contributed by atoms with Gasteiger partial charge >= 0.3 is 12.2 Å². The Balaban J connectivity index is 0.876. The fraction of sp³-hybridized carbons (Fsp3) is 0.524. The van der Waals surface area contributed by atoms with Crippen molar-refractivity contribution in [3.05, 3.63) is 119 Å². The van der Waals surface area contributed by atoms with Gasteiger partial charge in [0.2, 0.25) is 11.8 Å². The number of hydrogen-bond donors (Lipinski definition) is 6. The lowest BCUT2D eigenvalue weighted by Gasteiger charge is -2.43. The van der Waals surface area contributed by atoms with E-state index in [1.54, 1.807) is 9.80 Å². The number of hydrogen-bond acceptors (Lipinski definition) is 8. The lowest BCUT2D eigenvalue weighted by Crippen LogP contribution is -2.52. The molecule has 0 spiro atoms. The summed E-state index contributed by atoms with van der Waals surface area (Å²) < 4.78 is 34.2. The van der Waals surface area contributed by atoms with Crippen LogP contribution >= 0.6 is 0 Å². The van der Waals surface area contributed by atoms with Gasteiger partial charge in [-0.05, 0) is 154 Å². The molecule has 16 nitrogen and oxygen atoms in total. The van der Waals surface area contributed by atoms with Crippen molar-refractivity contribution in [1.29, 1.82) is 0 Å². The van der Waals surface area contributed by atoms with Crippen LogP contribution in [0.15, 0.2) is 78.9 Å². The van der Waals surface area contributed by atoms with Crippen LogP contribution in [0.25, 0.3) is 22.1 Å². The van der Waals surface area contributed by atoms with Crippen LogP contribution in [0, 0.1) is 29.4 Å². The molecule has 6 aliphatic rings. The molecule has 18 heteroatoms. The van der Waals surface area contributed by atoms with Gasteiger partial charge < -0.3 is 50.4 Å². The van der Waals surface area contributed by atoms with E-state index >= 15 is 8.78 Å². The van der Waals surface area contributed by atoms with Crippen molar-refractivity contribution in [3.63, 3.8) is 0 Å². The van der Waals surface area contributed by atoms with Crippen LogP contribution in [0.3, 0.4) is 0 Å². The SMILES string of the molecule is CC1C[C@H](c2ccc3[nH]c(C4CCCN4C(=O)C(NC(=O)O)C4CCCCC4)nc3c2)N(c2cc(F)c(N3CCC(c4ccccc4)CC3)c(F)c2)[C@]1(C)c1ccc2[nH]c(C3CCCN3C(=O)[C@@H](NC(=O)O)C3CCCCC3)nc2c1. The van der Waals surface area contributed by atoms with E-state index in [1.807, 2.05) is 41.3 Å². The van der Waals surface area contributed by atoms with Crippen LogP contribution in [0.1, 0.15) is 175 Å². The van der Waals surface area contributed by atoms with Crippen molar-refractivity contribution in [1.82, 2.24) is 40.4 Å². The molecule has 0 radical (unpaired) electrons. The highest BCUT2D eigenvalue weighted by atomic mass is 19.1. The smallest absolute Gasteiger partial charge is 0.405 e. The third-order valence-electron chi connectivity index (χ3n) is 19.7. The number of benzene rings is 4. The number of aromatic nitrogens is 4. The molecule has 2 aliphatic carbocycles. The van der Waals surface area contributed by atoms with Gasteiger partial charge in [-0.25, -0.2) is 28.3 Å². The normalized spacial score (nSPS) is 25.0. The van der Waals surface area contributed by atoms with Gasteiger partial charge in [0.1, 0.15) is 29.4 Å². The lowest BCUT2D eigenvalue weighted by atomic mass is 9.81. The Kier molecular flexibility index (Phi) is 15.2. The predicted octanol–water partition coefficient (Wildman–Crippen LogP) is 12.4. The molecular weight excluding hydrogens is 1030 g/mol. The topological polar surface area (TPSA) is 203 Å². The first-order chi connectivity index (χ1) is 39.2. The number of carbonyl (C=O) groups is 4. The third-order valence-corrected chi connectivity index (χ3v) is 19.7. The lowest BCUT2D eigenvalue weighted by molar-refractivity contribution is -0.136. The number of anilines is 2. The van der Waals surface area contributed by atoms with E-state index in [0.717, 1.165) is 112 Å². The maximum Gasteiger partial charge on any atom is 0.405 e. The second-order valence-corrected chi connectivity index (χ2v) is 24.4. The first-order valence-electron chi connectivity index (χ1n) is 29.9. The number of amides is 4. The molecule has 4 aromatic carbocycles. The van der Waals surface area contributed by atoms with Crippen molar-refractivity contribution in [2.75, 3.05) is 36.0 Å². The number of rotatable bonds is 13. The molecule has 4 unspecified atom stereocenters. The molecule has 6 heterocycles. The van der Waals surface area contributed by atoms with E-state index in [1.165, 1.54) is 17.7 Å². The molecule has 6 aromatic rings. The van der Waals surface area contributed by atoms with E-state index in [-0.39, 0.29) is 53.4 Å². The number of nitrogens with zero attached hydrogens (tertiary/aromatic N) is 6. The molecule has 6 fully saturated rings. The molecule has 6 N–H and O–H groups in total. The number of imidazole rings is 2. The van der Waals surface area contributed by atoms with Gasteiger partial charge in [-0.15, -0.1) is 0 Å². The molecule has 7 atom stereocenters. The van der Waals surface area contributed by atoms with Gasteiger partial charge in [-0.3, -0.25) is 9.59 Å². The van der Waals surface area contributed by atoms with Gasteiger partial charge in [-0.1, -0.05) is 87.9 Å². The largest absolute Gasteiger partial charge is 0.465 e. The maximum absolute atomic E-state index is 17.1. The van der Waals surface area contributed by atoms with Gasteiger partial charge in [-0.2, -0.15) is 0 Å². The van der Waals surface area contributed by atoms with Crippen LogP contribution < -0.4 is 20.4 Å². The van der Waals surface area contributed by atoms with Crippen molar-refractivity contribution in [2.24, 2.45) is 17.8 Å². The maximum atomic E-state index is 17.1. The molecule has 2 saturated carbocycles. The van der Waals surface area contributed by atoms with Crippen molar-refractivity contribution in [3.8, 4) is 0 Å². The molecule has 4 amide bonds. The van der Waals surface area contributed by atoms with Crippen LogP contribution in [-0.2, 0) is 15.1 Å². The minimum atomic E-state index is -1.20. The Labute approximate surface area is 471 Å². The zero-order valence-corrected chi connectivity index (χ0v) is 46.5. The number of nitrogens with one attached hydrogen (secondary N) is 4. The second-order valence-electron chi connectivity index (χ2n) is 24.4. The monoisotopic (exact) mass is 1110 g/mol. The van der Waals surface area contributed by atoms with Gasteiger partial charge in [0.05, 0.1) is 45.7 Å². The average molecular weight is 1110 g/mol. The molecule has 81 heavy (non-hydrogen) atoms. The van der Waals surface area contributed by atoms with Crippen molar-refractivity contribution < 1.29 is 38.2 Å². The summed E-state index contributed by atoms with van der Waals surface area (Å²) in [6.07, 6.45) is 11.9. The first kappa shape index (κ1) is 54.4. The summed E-state index contributed by atoms with van der Waals surface area (Å²) in [6, 6.07) is 22.8. The highest BCUT2D eigenvalue weighted by molar-refractivity contribution is 5.87. The molecule has 4 saturated heterocycles. The summed E-state index contributed by atoms with van der Waals surface area (Å²) in [4.78, 5) is 77.8. The number of carbonyl (C=O) groups excluding carboxylic acids is 2. The number of piperidine rings is 1. The fourth-order valence-corrected chi connectivity index (χ4v) is 15.4. The summed E-state index contributed by atoms with van der Waals surface area (Å²) in [5.41, 5.74) is 5.53. The Morgan fingerprint density at radius 2 is 1.12 bits per heavy atom. The molecule has 0 bridgehead atoms. The predicted molar refractivity (Wildman–Crippen MR) is 306 cm³/mol. The van der Waals surface area contributed by atoms with E-state index in [2.05, 4.69) is 69.7 Å². The Hall–Kier alpha value is -7.24. The summed E-state index contributed by atoms with van der Waals surface area (Å²) >= 11 is 0. The number of carboxylic acid groups (broad SMARTS) is 2. The van der Waals surface area contributed by atoms with Crippen LogP contribution in [0.4, 0.5) is 29.7 Å². The van der Waals surface area contributed by atoms with E-state index < -0.39 is 41.4 Å². The minimum absolute atomic E-state index is 0.0156. The fourth-order valence-electron chi connectivity index (χ4n) is 15.4. The average Bonchev–Trinajstić information content (AvgIpc) is 4.40. The number of halogens is 2. The standard InChI is InChI=1S/C63H76F2N10O6/c1-37-32-53(42-22-24-47-49(33-42)68-57(66-47)51-20-12-28-73(51)59(76)54(70-61(78)79)40-16-8-4-9-17-40)75(44-35-45(64)56(46(65)36-44)72-30-26-39(27-31-72)38-14-6-3-7-15-38)63(37,2)43-23-25-48-50(34-43)69-58(67-48)52-21-13-29-74(52)60(77)55(71-62(80)81)41-18-10-5-11-19-41/h3,6-7,14-15,22-25,33-37,39-41,51-55,70-71H,4-5,8-13,16-21,26-32H2,1-2H3,(H,66,68)(H,67,69)(H,78,79)(H,80,81)/t37?,51?,52?,53-,54?,55+,63+/m1/s1. The minimum Gasteiger partial charge on any atom is -0.465 e. The summed E-state index contributed by atoms with van der Waals surface area (Å²) in [7, 11) is 0. The molecular formula is C63H76F2N10O6. The Bertz CT molecular complexity index is 3270. The van der Waals surface area contributed by atoms with Crippen LogP contribution in [-0.4, -0.2) is 102 Å². The highest BCUT2D eigenvalue weighted by Gasteiger charge is 2.51. The zero-order valence-electron chi connectivity index (χ0n) is 46.5. The van der Waals surface area contributed by atoms with Gasteiger partial charge in [0.15, 0.2) is 11.6 Å². The van der Waals surface area contributed by atoms with E-state index in [4.69, 9.17) is 9.97 Å². The van der Waals surface area contributed by atoms with E-state index in [9.17, 15) is 29.4 Å². The Morgan fingerprint density at radius 3 is 1.65 bits per heavy atom. The molecule has 428 valence electrons. The number of H-pyrrole nitrogens is 2. The second kappa shape index (κ2) is 22.6. The highest BCUT2D eigenvalue weighted by Crippen LogP contribution is 2.55. The summed E-state index contributed by atoms with van der Waals surface area (Å²) in [6.45, 7) is 6.35. The quantitative estimate of drug-likeness (QED) is 0.0646. The van der Waals surface area contributed by atoms with Crippen molar-refractivity contribution in [2.45, 2.75) is 165 Å². The van der Waals surface area contributed by atoms with Crippen LogP contribution in [0.5, 0.6) is 0 Å². The van der Waals surface area contributed by atoms with Crippen molar-refractivity contribution >= 4 is 57.4 Å². The zero-order chi connectivity index (χ0) is 56.1. The molecule has 4 aliphatic heterocycles. The molecule has 2 aromatic heterocycles. The number of fused-ring (bicyclic) bond motifs is 2. The summed E-state index contributed by atoms with van der Waals surface area (Å²) in [5.74, 6) is -0.275. The number of likely N-dealkylation sites (tertiary alicyclic amines) is 2. The van der Waals surface area contributed by atoms with Gasteiger partial charge in [0, 0.05) is 31.9 Å². The number of aromatic amines is 2. The summed E-state index contributed by atoms with van der Waals surface area (Å²) in [5, 5.41) is 24.9. The third kappa shape index (κ3) is 10.4. The molecule has 12 rings (SSSR count). The Morgan fingerprint density at radius 1 is 0.605 bits per heavy atom.